The number of aliphatic imine (C=N–C) groups is 2. The fourth-order valence-electron chi connectivity index (χ4n) is 3.10. The van der Waals surface area contributed by atoms with Gasteiger partial charge in [0, 0.05) is 28.4 Å². The van der Waals surface area contributed by atoms with Gasteiger partial charge in [0.15, 0.2) is 17.3 Å². The molecule has 3 aromatic rings. The first-order valence-electron chi connectivity index (χ1n) is 9.52. The molecule has 1 aliphatic rings. The molecule has 2 aromatic carbocycles. The summed E-state index contributed by atoms with van der Waals surface area (Å²) in [6, 6.07) is 15.2. The van der Waals surface area contributed by atoms with Crippen LogP contribution in [0.15, 0.2) is 64.7 Å². The molecule has 1 aliphatic heterocycles. The molecule has 0 fully saturated rings. The molecule has 30 heavy (non-hydrogen) atoms. The summed E-state index contributed by atoms with van der Waals surface area (Å²) in [5.74, 6) is 1.09. The van der Waals surface area contributed by atoms with E-state index in [9.17, 15) is 4.79 Å². The lowest BCUT2D eigenvalue weighted by atomic mass is 10.1. The molecule has 8 nitrogen and oxygen atoms in total. The number of amidine groups is 1. The van der Waals surface area contributed by atoms with Crippen LogP contribution in [-0.2, 0) is 4.79 Å². The van der Waals surface area contributed by atoms with E-state index in [-0.39, 0.29) is 17.6 Å². The van der Waals surface area contributed by atoms with Crippen molar-refractivity contribution < 1.29 is 9.53 Å². The number of nitrogens with two attached hydrogens (primary N) is 1. The van der Waals surface area contributed by atoms with Gasteiger partial charge in [-0.25, -0.2) is 9.98 Å². The van der Waals surface area contributed by atoms with Crippen molar-refractivity contribution in [2.24, 2.45) is 15.7 Å². The van der Waals surface area contributed by atoms with Crippen molar-refractivity contribution in [3.8, 4) is 5.75 Å². The Hall–Kier alpha value is -3.46. The van der Waals surface area contributed by atoms with Crippen LogP contribution in [0.3, 0.4) is 0 Å². The van der Waals surface area contributed by atoms with Gasteiger partial charge in [0.1, 0.15) is 5.75 Å². The maximum absolute atomic E-state index is 12.3. The number of aromatic nitrogens is 1. The minimum Gasteiger partial charge on any atom is -0.494 e. The van der Waals surface area contributed by atoms with Crippen LogP contribution < -0.4 is 21.1 Å². The van der Waals surface area contributed by atoms with Gasteiger partial charge >= 0.3 is 0 Å². The third kappa shape index (κ3) is 4.57. The highest BCUT2D eigenvalue weighted by molar-refractivity contribution is 8.14. The summed E-state index contributed by atoms with van der Waals surface area (Å²) in [5.41, 5.74) is 8.62. The van der Waals surface area contributed by atoms with Gasteiger partial charge in [-0.3, -0.25) is 4.79 Å². The largest absolute Gasteiger partial charge is 0.494 e. The van der Waals surface area contributed by atoms with Gasteiger partial charge in [-0.05, 0) is 37.3 Å². The van der Waals surface area contributed by atoms with Crippen molar-refractivity contribution in [2.45, 2.75) is 13.1 Å². The number of fused-ring (bicyclic) bond motifs is 1. The number of nitrogens with zero attached hydrogens (tertiary/aromatic N) is 2. The number of carbonyl (C=O) groups is 1. The summed E-state index contributed by atoms with van der Waals surface area (Å²) in [5, 5.41) is 7.39. The molecule has 9 heteroatoms. The van der Waals surface area contributed by atoms with E-state index in [0.29, 0.717) is 17.5 Å². The van der Waals surface area contributed by atoms with Crippen LogP contribution in [0.2, 0.25) is 0 Å². The number of carbonyl (C=O) groups excluding carboxylic acids is 1. The Labute approximate surface area is 178 Å². The van der Waals surface area contributed by atoms with Crippen LogP contribution in [0, 0.1) is 0 Å². The molecule has 1 amide bonds. The Kier molecular flexibility index (Phi) is 5.89. The number of rotatable bonds is 6. The van der Waals surface area contributed by atoms with Crippen molar-refractivity contribution in [3.05, 3.63) is 60.3 Å². The monoisotopic (exact) mass is 422 g/mol. The molecular weight excluding hydrogens is 400 g/mol. The zero-order valence-electron chi connectivity index (χ0n) is 16.4. The molecule has 0 saturated heterocycles. The molecule has 0 saturated carbocycles. The van der Waals surface area contributed by atoms with Gasteiger partial charge in [0.2, 0.25) is 5.91 Å². The van der Waals surface area contributed by atoms with E-state index in [1.165, 1.54) is 11.8 Å². The van der Waals surface area contributed by atoms with Crippen LogP contribution in [0.25, 0.3) is 10.9 Å². The van der Waals surface area contributed by atoms with Crippen LogP contribution in [0.1, 0.15) is 18.7 Å². The highest BCUT2D eigenvalue weighted by Gasteiger charge is 2.20. The highest BCUT2D eigenvalue weighted by Crippen LogP contribution is 2.29. The number of thioether (sulfide) groups is 1. The van der Waals surface area contributed by atoms with Crippen LogP contribution in [0.5, 0.6) is 5.75 Å². The number of para-hydroxylation sites is 1. The number of nitrogens with one attached hydrogen (secondary N) is 3. The predicted octanol–water partition coefficient (Wildman–Crippen LogP) is 3.21. The number of H-pyrrole nitrogens is 1. The maximum atomic E-state index is 12.3. The van der Waals surface area contributed by atoms with Crippen LogP contribution >= 0.6 is 11.8 Å². The minimum atomic E-state index is -0.459. The number of hydrogen-bond acceptors (Lipinski definition) is 7. The van der Waals surface area contributed by atoms with Gasteiger partial charge in [0.05, 0.1) is 12.4 Å². The standard InChI is InChI=1S/C21H22N6O2S/c1-2-29-14-9-7-13(8-10-14)24-18(28)12-30-21-26-19(25-20(22)27-21)16-11-23-17-6-4-3-5-15(16)17/h3-11,19,23H,2,12H2,1H3,(H,24,28)(H3,22,25,26,27)/t19-/m1/s1. The molecule has 0 bridgehead atoms. The third-order valence-electron chi connectivity index (χ3n) is 4.42. The SMILES string of the molecule is CCOc1ccc(NC(=O)CSC2=N[C@H](c3c[nH]c4ccccc34)N=C(N)N2)cc1. The molecule has 5 N–H and O–H groups in total. The predicted molar refractivity (Wildman–Crippen MR) is 122 cm³/mol. The summed E-state index contributed by atoms with van der Waals surface area (Å²) in [4.78, 5) is 24.6. The number of aromatic amines is 1. The molecule has 0 spiro atoms. The van der Waals surface area contributed by atoms with Gasteiger partial charge in [0.25, 0.3) is 0 Å². The lowest BCUT2D eigenvalue weighted by Crippen LogP contribution is -2.39. The second-order valence-electron chi connectivity index (χ2n) is 6.53. The Morgan fingerprint density at radius 2 is 2.00 bits per heavy atom. The minimum absolute atomic E-state index is 0.140. The number of guanidine groups is 1. The van der Waals surface area contributed by atoms with Crippen molar-refractivity contribution >= 4 is 45.4 Å². The number of benzene rings is 2. The topological polar surface area (TPSA) is 117 Å². The summed E-state index contributed by atoms with van der Waals surface area (Å²) in [6.07, 6.45) is 1.43. The van der Waals surface area contributed by atoms with Crippen molar-refractivity contribution in [3.63, 3.8) is 0 Å². The first-order valence-corrected chi connectivity index (χ1v) is 10.5. The molecule has 1 atom stereocenters. The molecule has 0 unspecified atom stereocenters. The molecule has 4 rings (SSSR count). The average molecular weight is 423 g/mol. The highest BCUT2D eigenvalue weighted by atomic mass is 32.2. The summed E-state index contributed by atoms with van der Waals surface area (Å²) < 4.78 is 5.40. The summed E-state index contributed by atoms with van der Waals surface area (Å²) in [7, 11) is 0. The normalized spacial score (nSPS) is 15.8. The Morgan fingerprint density at radius 1 is 1.20 bits per heavy atom. The Morgan fingerprint density at radius 3 is 2.80 bits per heavy atom. The van der Waals surface area contributed by atoms with Crippen LogP contribution in [0.4, 0.5) is 5.69 Å². The van der Waals surface area contributed by atoms with Gasteiger partial charge in [-0.1, -0.05) is 30.0 Å². The second-order valence-corrected chi connectivity index (χ2v) is 7.50. The number of hydrogen-bond donors (Lipinski definition) is 4. The fourth-order valence-corrected chi connectivity index (χ4v) is 3.79. The average Bonchev–Trinajstić information content (AvgIpc) is 3.18. The van der Waals surface area contributed by atoms with Crippen molar-refractivity contribution in [1.29, 1.82) is 0 Å². The quantitative estimate of drug-likeness (QED) is 0.487. The van der Waals surface area contributed by atoms with Gasteiger partial charge in [-0.15, -0.1) is 0 Å². The molecular formula is C21H22N6O2S. The summed E-state index contributed by atoms with van der Waals surface area (Å²) in [6.45, 7) is 2.53. The zero-order chi connectivity index (χ0) is 20.9. The van der Waals surface area contributed by atoms with E-state index in [4.69, 9.17) is 10.5 Å². The first kappa shape index (κ1) is 19.8. The van der Waals surface area contributed by atoms with Gasteiger partial charge in [-0.2, -0.15) is 0 Å². The number of anilines is 1. The van der Waals surface area contributed by atoms with E-state index in [0.717, 1.165) is 22.2 Å². The zero-order valence-corrected chi connectivity index (χ0v) is 17.2. The van der Waals surface area contributed by atoms with Gasteiger partial charge < -0.3 is 26.1 Å². The van der Waals surface area contributed by atoms with Crippen molar-refractivity contribution in [1.82, 2.24) is 10.3 Å². The third-order valence-corrected chi connectivity index (χ3v) is 5.31. The molecule has 2 heterocycles. The molecule has 0 radical (unpaired) electrons. The Bertz CT molecular complexity index is 1110. The number of amides is 1. The summed E-state index contributed by atoms with van der Waals surface area (Å²) >= 11 is 1.28. The number of ether oxygens (including phenoxy) is 1. The molecule has 1 aromatic heterocycles. The van der Waals surface area contributed by atoms with E-state index >= 15 is 0 Å². The second kappa shape index (κ2) is 8.91. The van der Waals surface area contributed by atoms with Crippen molar-refractivity contribution in [2.75, 3.05) is 17.7 Å². The lowest BCUT2D eigenvalue weighted by molar-refractivity contribution is -0.113. The van der Waals surface area contributed by atoms with Crippen LogP contribution in [-0.4, -0.2) is 34.4 Å². The van der Waals surface area contributed by atoms with E-state index in [2.05, 4.69) is 25.6 Å². The fraction of sp³-hybridized carbons (Fsp3) is 0.190. The smallest absolute Gasteiger partial charge is 0.234 e. The lowest BCUT2D eigenvalue weighted by Gasteiger charge is -2.18. The van der Waals surface area contributed by atoms with E-state index in [1.807, 2.05) is 61.7 Å². The molecule has 154 valence electrons. The Balaban J connectivity index is 1.39. The van der Waals surface area contributed by atoms with E-state index < -0.39 is 6.17 Å². The first-order chi connectivity index (χ1) is 14.6. The molecule has 0 aliphatic carbocycles. The van der Waals surface area contributed by atoms with E-state index in [1.54, 1.807) is 0 Å². The maximum Gasteiger partial charge on any atom is 0.234 e.